The van der Waals surface area contributed by atoms with Crippen LogP contribution in [0.25, 0.3) is 0 Å². The summed E-state index contributed by atoms with van der Waals surface area (Å²) >= 11 is 0. The Kier molecular flexibility index (Phi) is 6.91. The van der Waals surface area contributed by atoms with E-state index in [1.807, 2.05) is 30.3 Å². The molecule has 0 bridgehead atoms. The van der Waals surface area contributed by atoms with Crippen molar-refractivity contribution >= 4 is 17.7 Å². The SMILES string of the molecule is CNC(=O)c1cc(C(=O)NCCCNC(C)=O)cc2c1OC[C@]2(CO)c1ccccc1. The quantitative estimate of drug-likeness (QED) is 0.471. The first-order chi connectivity index (χ1) is 14.9. The van der Waals surface area contributed by atoms with Gasteiger partial charge < -0.3 is 25.8 Å². The summed E-state index contributed by atoms with van der Waals surface area (Å²) in [5.41, 5.74) is 1.12. The summed E-state index contributed by atoms with van der Waals surface area (Å²) in [4.78, 5) is 36.3. The third-order valence-corrected chi connectivity index (χ3v) is 5.41. The molecule has 8 heteroatoms. The normalized spacial score (nSPS) is 16.7. The second kappa shape index (κ2) is 9.61. The molecule has 1 aliphatic rings. The van der Waals surface area contributed by atoms with Crippen molar-refractivity contribution in [2.75, 3.05) is 33.4 Å². The van der Waals surface area contributed by atoms with E-state index in [-0.39, 0.29) is 36.5 Å². The van der Waals surface area contributed by atoms with Gasteiger partial charge in [-0.25, -0.2) is 0 Å². The van der Waals surface area contributed by atoms with Crippen LogP contribution in [0, 0.1) is 0 Å². The monoisotopic (exact) mass is 425 g/mol. The Morgan fingerprint density at radius 3 is 2.42 bits per heavy atom. The van der Waals surface area contributed by atoms with Crippen molar-refractivity contribution in [1.29, 1.82) is 0 Å². The van der Waals surface area contributed by atoms with Gasteiger partial charge in [-0.3, -0.25) is 14.4 Å². The van der Waals surface area contributed by atoms with Gasteiger partial charge in [0, 0.05) is 38.2 Å². The molecule has 0 aliphatic carbocycles. The standard InChI is InChI=1S/C23H27N3O5/c1-15(28)25-9-6-10-26-21(29)16-11-18(22(30)24-2)20-19(12-16)23(13-27,14-31-20)17-7-4-3-5-8-17/h3-5,7-8,11-12,27H,6,9-10,13-14H2,1-2H3,(H,24,30)(H,25,28)(H,26,29)/t23-/m1/s1. The number of aliphatic hydroxyl groups excluding tert-OH is 1. The number of amides is 3. The fourth-order valence-corrected chi connectivity index (χ4v) is 3.72. The Morgan fingerprint density at radius 1 is 1.06 bits per heavy atom. The summed E-state index contributed by atoms with van der Waals surface area (Å²) in [5.74, 6) is -0.471. The molecule has 3 rings (SSSR count). The maximum Gasteiger partial charge on any atom is 0.254 e. The molecule has 1 atom stereocenters. The summed E-state index contributed by atoms with van der Waals surface area (Å²) in [6.07, 6.45) is 0.576. The zero-order valence-corrected chi connectivity index (χ0v) is 17.7. The molecule has 2 aromatic carbocycles. The van der Waals surface area contributed by atoms with Gasteiger partial charge in [0.1, 0.15) is 12.4 Å². The molecule has 1 heterocycles. The lowest BCUT2D eigenvalue weighted by Crippen LogP contribution is -2.34. The van der Waals surface area contributed by atoms with Crippen molar-refractivity contribution in [2.24, 2.45) is 0 Å². The van der Waals surface area contributed by atoms with Gasteiger partial charge in [-0.2, -0.15) is 0 Å². The number of benzene rings is 2. The number of carbonyl (C=O) groups excluding carboxylic acids is 3. The van der Waals surface area contributed by atoms with Gasteiger partial charge in [0.05, 0.1) is 17.6 Å². The Labute approximate surface area is 181 Å². The van der Waals surface area contributed by atoms with Gasteiger partial charge in [0.25, 0.3) is 11.8 Å². The zero-order chi connectivity index (χ0) is 22.4. The van der Waals surface area contributed by atoms with Crippen molar-refractivity contribution in [3.05, 3.63) is 64.7 Å². The van der Waals surface area contributed by atoms with Crippen LogP contribution >= 0.6 is 0 Å². The van der Waals surface area contributed by atoms with Gasteiger partial charge in [-0.1, -0.05) is 30.3 Å². The lowest BCUT2D eigenvalue weighted by Gasteiger charge is -2.26. The van der Waals surface area contributed by atoms with E-state index in [4.69, 9.17) is 4.74 Å². The number of fused-ring (bicyclic) bond motifs is 1. The number of carbonyl (C=O) groups is 3. The molecule has 4 N–H and O–H groups in total. The molecule has 0 aromatic heterocycles. The number of aliphatic hydroxyl groups is 1. The molecule has 0 unspecified atom stereocenters. The highest BCUT2D eigenvalue weighted by Gasteiger charge is 2.44. The first-order valence-corrected chi connectivity index (χ1v) is 10.2. The second-order valence-corrected chi connectivity index (χ2v) is 7.47. The molecule has 164 valence electrons. The Morgan fingerprint density at radius 2 is 1.77 bits per heavy atom. The van der Waals surface area contributed by atoms with E-state index in [1.54, 1.807) is 6.07 Å². The Hall–Kier alpha value is -3.39. The first-order valence-electron chi connectivity index (χ1n) is 10.2. The summed E-state index contributed by atoms with van der Waals surface area (Å²) < 4.78 is 5.89. The molecule has 2 aromatic rings. The molecule has 3 amide bonds. The predicted octanol–water partition coefficient (Wildman–Crippen LogP) is 0.973. The molecule has 31 heavy (non-hydrogen) atoms. The molecule has 0 spiro atoms. The number of hydrogen-bond donors (Lipinski definition) is 4. The first kappa shape index (κ1) is 22.3. The van der Waals surface area contributed by atoms with Crippen molar-refractivity contribution in [3.8, 4) is 5.75 Å². The lowest BCUT2D eigenvalue weighted by molar-refractivity contribution is -0.118. The molecular weight excluding hydrogens is 398 g/mol. The van der Waals surface area contributed by atoms with Gasteiger partial charge in [0.2, 0.25) is 5.91 Å². The van der Waals surface area contributed by atoms with E-state index >= 15 is 0 Å². The third kappa shape index (κ3) is 4.54. The maximum atomic E-state index is 12.8. The highest BCUT2D eigenvalue weighted by Crippen LogP contribution is 2.45. The minimum absolute atomic E-state index is 0.124. The number of ether oxygens (including phenoxy) is 1. The van der Waals surface area contributed by atoms with Gasteiger partial charge in [0.15, 0.2) is 0 Å². The Bertz CT molecular complexity index is 977. The van der Waals surface area contributed by atoms with Crippen LogP contribution in [0.3, 0.4) is 0 Å². The van der Waals surface area contributed by atoms with Crippen LogP contribution in [0.2, 0.25) is 0 Å². The van der Waals surface area contributed by atoms with E-state index in [0.717, 1.165) is 5.56 Å². The fraction of sp³-hybridized carbons (Fsp3) is 0.348. The molecule has 8 nitrogen and oxygen atoms in total. The Balaban J connectivity index is 1.95. The molecule has 0 radical (unpaired) electrons. The molecule has 1 aliphatic heterocycles. The highest BCUT2D eigenvalue weighted by atomic mass is 16.5. The fourth-order valence-electron chi connectivity index (χ4n) is 3.72. The van der Waals surface area contributed by atoms with Crippen molar-refractivity contribution in [2.45, 2.75) is 18.8 Å². The smallest absolute Gasteiger partial charge is 0.254 e. The average Bonchev–Trinajstić information content (AvgIpc) is 3.17. The predicted molar refractivity (Wildman–Crippen MR) is 115 cm³/mol. The average molecular weight is 425 g/mol. The minimum atomic E-state index is -0.874. The minimum Gasteiger partial charge on any atom is -0.491 e. The largest absolute Gasteiger partial charge is 0.491 e. The number of rotatable bonds is 8. The summed E-state index contributed by atoms with van der Waals surface area (Å²) in [6, 6.07) is 12.6. The molecule has 0 saturated heterocycles. The third-order valence-electron chi connectivity index (χ3n) is 5.41. The maximum absolute atomic E-state index is 12.8. The summed E-state index contributed by atoms with van der Waals surface area (Å²) in [6.45, 7) is 2.18. The highest BCUT2D eigenvalue weighted by molar-refractivity contribution is 6.02. The number of nitrogens with one attached hydrogen (secondary N) is 3. The zero-order valence-electron chi connectivity index (χ0n) is 17.7. The van der Waals surface area contributed by atoms with E-state index in [1.165, 1.54) is 20.0 Å². The second-order valence-electron chi connectivity index (χ2n) is 7.47. The lowest BCUT2D eigenvalue weighted by atomic mass is 9.76. The summed E-state index contributed by atoms with van der Waals surface area (Å²) in [7, 11) is 1.51. The summed E-state index contributed by atoms with van der Waals surface area (Å²) in [5, 5.41) is 18.4. The van der Waals surface area contributed by atoms with Crippen LogP contribution in [-0.4, -0.2) is 56.2 Å². The topological polar surface area (TPSA) is 117 Å². The van der Waals surface area contributed by atoms with E-state index in [0.29, 0.717) is 36.4 Å². The van der Waals surface area contributed by atoms with Crippen LogP contribution in [0.4, 0.5) is 0 Å². The molecule has 0 fully saturated rings. The van der Waals surface area contributed by atoms with E-state index in [9.17, 15) is 19.5 Å². The van der Waals surface area contributed by atoms with Gasteiger partial charge >= 0.3 is 0 Å². The molecule has 0 saturated carbocycles. The van der Waals surface area contributed by atoms with Crippen LogP contribution in [0.1, 0.15) is 45.2 Å². The van der Waals surface area contributed by atoms with Gasteiger partial charge in [-0.15, -0.1) is 0 Å². The molecular formula is C23H27N3O5. The van der Waals surface area contributed by atoms with Crippen molar-refractivity contribution in [1.82, 2.24) is 16.0 Å². The van der Waals surface area contributed by atoms with E-state index < -0.39 is 5.41 Å². The van der Waals surface area contributed by atoms with Gasteiger partial charge in [-0.05, 0) is 24.1 Å². The van der Waals surface area contributed by atoms with E-state index in [2.05, 4.69) is 16.0 Å². The van der Waals surface area contributed by atoms with Crippen LogP contribution in [0.5, 0.6) is 5.75 Å². The van der Waals surface area contributed by atoms with Crippen LogP contribution < -0.4 is 20.7 Å². The number of hydrogen-bond acceptors (Lipinski definition) is 5. The van der Waals surface area contributed by atoms with Crippen molar-refractivity contribution in [3.63, 3.8) is 0 Å². The van der Waals surface area contributed by atoms with Crippen molar-refractivity contribution < 1.29 is 24.2 Å². The van der Waals surface area contributed by atoms with Crippen LogP contribution in [0.15, 0.2) is 42.5 Å². The van der Waals surface area contributed by atoms with Crippen LogP contribution in [-0.2, 0) is 10.2 Å².